The lowest BCUT2D eigenvalue weighted by Gasteiger charge is -2.35. The molecule has 3 rings (SSSR count). The molecule has 1 fully saturated rings. The van der Waals surface area contributed by atoms with Gasteiger partial charge in [0.15, 0.2) is 11.5 Å². The molecule has 0 saturated carbocycles. The number of ether oxygens (including phenoxy) is 2. The van der Waals surface area contributed by atoms with Crippen LogP contribution in [-0.4, -0.2) is 42.5 Å². The molecule has 142 valence electrons. The predicted octanol–water partition coefficient (Wildman–Crippen LogP) is 3.19. The molecule has 0 aromatic heterocycles. The van der Waals surface area contributed by atoms with Crippen LogP contribution in [0.15, 0.2) is 16.6 Å². The van der Waals surface area contributed by atoms with Crippen molar-refractivity contribution in [3.8, 4) is 11.5 Å². The number of carbonyl (C=O) groups excluding carboxylic acids is 2. The minimum absolute atomic E-state index is 0.0398. The molecule has 0 aliphatic carbocycles. The van der Waals surface area contributed by atoms with E-state index in [0.29, 0.717) is 44.1 Å². The van der Waals surface area contributed by atoms with Gasteiger partial charge in [-0.25, -0.2) is 0 Å². The maximum absolute atomic E-state index is 12.8. The van der Waals surface area contributed by atoms with Crippen molar-refractivity contribution in [2.24, 2.45) is 0 Å². The van der Waals surface area contributed by atoms with Gasteiger partial charge in [-0.2, -0.15) is 0 Å². The zero-order chi connectivity index (χ0) is 18.7. The van der Waals surface area contributed by atoms with Crippen LogP contribution in [0.25, 0.3) is 0 Å². The molecule has 1 aromatic carbocycles. The van der Waals surface area contributed by atoms with E-state index in [1.54, 1.807) is 4.90 Å². The van der Waals surface area contributed by atoms with Crippen molar-refractivity contribution in [2.75, 3.05) is 19.8 Å². The molecule has 1 saturated heterocycles. The number of likely N-dealkylation sites (tertiary alicyclic amines) is 1. The average molecular weight is 425 g/mol. The van der Waals surface area contributed by atoms with Crippen molar-refractivity contribution in [3.63, 3.8) is 0 Å². The van der Waals surface area contributed by atoms with Crippen LogP contribution in [0.5, 0.6) is 11.5 Å². The Hall–Kier alpha value is -1.76. The highest BCUT2D eigenvalue weighted by molar-refractivity contribution is 9.10. The SMILES string of the molecule is CCC(=O)N1CCCCC1C(=O)NC(C)c1cc2c(cc1Br)OCCO2. The number of benzene rings is 1. The number of nitrogens with one attached hydrogen (secondary N) is 1. The molecule has 2 unspecified atom stereocenters. The van der Waals surface area contributed by atoms with Crippen LogP contribution in [0.2, 0.25) is 0 Å². The summed E-state index contributed by atoms with van der Waals surface area (Å²) in [4.78, 5) is 26.7. The Kier molecular flexibility index (Phi) is 6.06. The molecule has 0 bridgehead atoms. The van der Waals surface area contributed by atoms with Crippen molar-refractivity contribution in [2.45, 2.75) is 51.6 Å². The summed E-state index contributed by atoms with van der Waals surface area (Å²) in [6, 6.07) is 3.18. The number of rotatable bonds is 4. The van der Waals surface area contributed by atoms with Crippen LogP contribution in [0.1, 0.15) is 51.1 Å². The van der Waals surface area contributed by atoms with Crippen LogP contribution in [0, 0.1) is 0 Å². The van der Waals surface area contributed by atoms with Crippen LogP contribution < -0.4 is 14.8 Å². The largest absolute Gasteiger partial charge is 0.486 e. The van der Waals surface area contributed by atoms with Crippen LogP contribution in [-0.2, 0) is 9.59 Å². The Labute approximate surface area is 162 Å². The smallest absolute Gasteiger partial charge is 0.243 e. The number of hydrogen-bond donors (Lipinski definition) is 1. The van der Waals surface area contributed by atoms with Gasteiger partial charge in [0.25, 0.3) is 0 Å². The maximum atomic E-state index is 12.8. The van der Waals surface area contributed by atoms with Gasteiger partial charge in [0, 0.05) is 17.4 Å². The predicted molar refractivity (Wildman–Crippen MR) is 101 cm³/mol. The summed E-state index contributed by atoms with van der Waals surface area (Å²) >= 11 is 3.56. The number of fused-ring (bicyclic) bond motifs is 1. The van der Waals surface area contributed by atoms with Crippen molar-refractivity contribution >= 4 is 27.7 Å². The summed E-state index contributed by atoms with van der Waals surface area (Å²) in [5.41, 5.74) is 0.923. The summed E-state index contributed by atoms with van der Waals surface area (Å²) in [6.07, 6.45) is 3.06. The van der Waals surface area contributed by atoms with Gasteiger partial charge >= 0.3 is 0 Å². The molecule has 2 amide bonds. The Morgan fingerprint density at radius 1 is 1.27 bits per heavy atom. The van der Waals surface area contributed by atoms with Gasteiger partial charge in [-0.3, -0.25) is 9.59 Å². The van der Waals surface area contributed by atoms with E-state index >= 15 is 0 Å². The number of piperidine rings is 1. The van der Waals surface area contributed by atoms with Crippen molar-refractivity contribution in [3.05, 3.63) is 22.2 Å². The quantitative estimate of drug-likeness (QED) is 0.805. The first-order valence-corrected chi connectivity index (χ1v) is 9.99. The molecular weight excluding hydrogens is 400 g/mol. The minimum atomic E-state index is -0.380. The third-order valence-electron chi connectivity index (χ3n) is 4.92. The summed E-state index contributed by atoms with van der Waals surface area (Å²) < 4.78 is 12.1. The Bertz CT molecular complexity index is 694. The molecular formula is C19H25BrN2O4. The van der Waals surface area contributed by atoms with Gasteiger partial charge in [-0.15, -0.1) is 0 Å². The lowest BCUT2D eigenvalue weighted by atomic mass is 10.00. The third kappa shape index (κ3) is 3.98. The number of amides is 2. The van der Waals surface area contributed by atoms with Gasteiger partial charge in [0.2, 0.25) is 11.8 Å². The van der Waals surface area contributed by atoms with E-state index in [1.165, 1.54) is 0 Å². The first-order valence-electron chi connectivity index (χ1n) is 9.20. The first kappa shape index (κ1) is 19.0. The highest BCUT2D eigenvalue weighted by Gasteiger charge is 2.32. The Balaban J connectivity index is 1.73. The molecule has 2 atom stereocenters. The van der Waals surface area contributed by atoms with E-state index in [4.69, 9.17) is 9.47 Å². The highest BCUT2D eigenvalue weighted by atomic mass is 79.9. The molecule has 1 N–H and O–H groups in total. The number of carbonyl (C=O) groups is 2. The summed E-state index contributed by atoms with van der Waals surface area (Å²) in [5, 5.41) is 3.06. The van der Waals surface area contributed by atoms with Gasteiger partial charge < -0.3 is 19.7 Å². The number of hydrogen-bond acceptors (Lipinski definition) is 4. The Morgan fingerprint density at radius 2 is 1.96 bits per heavy atom. The number of nitrogens with zero attached hydrogens (tertiary/aromatic N) is 1. The molecule has 6 nitrogen and oxygen atoms in total. The van der Waals surface area contributed by atoms with Crippen molar-refractivity contribution in [1.29, 1.82) is 0 Å². The Morgan fingerprint density at radius 3 is 2.65 bits per heavy atom. The zero-order valence-corrected chi connectivity index (χ0v) is 16.8. The van der Waals surface area contributed by atoms with E-state index in [1.807, 2.05) is 26.0 Å². The molecule has 2 aliphatic heterocycles. The molecule has 26 heavy (non-hydrogen) atoms. The van der Waals surface area contributed by atoms with Gasteiger partial charge in [0.1, 0.15) is 19.3 Å². The zero-order valence-electron chi connectivity index (χ0n) is 15.2. The van der Waals surface area contributed by atoms with Crippen LogP contribution >= 0.6 is 15.9 Å². The maximum Gasteiger partial charge on any atom is 0.243 e. The van der Waals surface area contributed by atoms with Gasteiger partial charge in [0.05, 0.1) is 6.04 Å². The molecule has 2 aliphatic rings. The topological polar surface area (TPSA) is 67.9 Å². The highest BCUT2D eigenvalue weighted by Crippen LogP contribution is 2.37. The van der Waals surface area contributed by atoms with E-state index in [9.17, 15) is 9.59 Å². The minimum Gasteiger partial charge on any atom is -0.486 e. The van der Waals surface area contributed by atoms with Crippen molar-refractivity contribution < 1.29 is 19.1 Å². The number of halogens is 1. The average Bonchev–Trinajstić information content (AvgIpc) is 2.66. The molecule has 7 heteroatoms. The fourth-order valence-electron chi connectivity index (χ4n) is 3.50. The summed E-state index contributed by atoms with van der Waals surface area (Å²) in [7, 11) is 0. The second-order valence-corrected chi connectivity index (χ2v) is 7.55. The van der Waals surface area contributed by atoms with Crippen molar-refractivity contribution in [1.82, 2.24) is 10.2 Å². The van der Waals surface area contributed by atoms with Crippen LogP contribution in [0.4, 0.5) is 0 Å². The lowest BCUT2D eigenvalue weighted by Crippen LogP contribution is -2.52. The van der Waals surface area contributed by atoms with E-state index < -0.39 is 0 Å². The molecule has 0 spiro atoms. The molecule has 1 aromatic rings. The van der Waals surface area contributed by atoms with Gasteiger partial charge in [-0.05, 0) is 43.9 Å². The summed E-state index contributed by atoms with van der Waals surface area (Å²) in [5.74, 6) is 1.34. The monoisotopic (exact) mass is 424 g/mol. The van der Waals surface area contributed by atoms with E-state index in [0.717, 1.165) is 22.9 Å². The van der Waals surface area contributed by atoms with E-state index in [-0.39, 0.29) is 23.9 Å². The van der Waals surface area contributed by atoms with E-state index in [2.05, 4.69) is 21.2 Å². The fourth-order valence-corrected chi connectivity index (χ4v) is 4.17. The molecule has 2 heterocycles. The first-order chi connectivity index (χ1) is 12.5. The molecule has 0 radical (unpaired) electrons. The standard InChI is InChI=1S/C19H25BrN2O4/c1-3-18(23)22-7-5-4-6-15(22)19(24)21-12(2)13-10-16-17(11-14(13)20)26-9-8-25-16/h10-12,15H,3-9H2,1-2H3,(H,21,24). The second kappa shape index (κ2) is 8.29. The lowest BCUT2D eigenvalue weighted by molar-refractivity contribution is -0.142. The second-order valence-electron chi connectivity index (χ2n) is 6.70. The van der Waals surface area contributed by atoms with Gasteiger partial charge in [-0.1, -0.05) is 22.9 Å². The fraction of sp³-hybridized carbons (Fsp3) is 0.579. The van der Waals surface area contributed by atoms with Crippen LogP contribution in [0.3, 0.4) is 0 Å². The normalized spacial score (nSPS) is 20.4. The summed E-state index contributed by atoms with van der Waals surface area (Å²) in [6.45, 7) is 5.48. The third-order valence-corrected chi connectivity index (χ3v) is 5.60.